The molecule has 0 saturated carbocycles. The monoisotopic (exact) mass is 331 g/mol. The number of hydrogen-bond donors (Lipinski definition) is 5. The lowest BCUT2D eigenvalue weighted by Gasteiger charge is -2.27. The highest BCUT2D eigenvalue weighted by atomic mass is 16.4. The molecule has 3 unspecified atom stereocenters. The fourth-order valence-corrected chi connectivity index (χ4v) is 2.39. The lowest BCUT2D eigenvalue weighted by molar-refractivity contribution is -0.145. The van der Waals surface area contributed by atoms with Crippen LogP contribution in [0.3, 0.4) is 0 Å². The first kappa shape index (κ1) is 18.8. The number of aliphatic carboxylic acids is 2. The van der Waals surface area contributed by atoms with Gasteiger partial charge in [-0.2, -0.15) is 0 Å². The van der Waals surface area contributed by atoms with Gasteiger partial charge in [-0.15, -0.1) is 0 Å². The van der Waals surface area contributed by atoms with Gasteiger partial charge in [0, 0.05) is 13.0 Å². The molecular weight excluding hydrogens is 310 g/mol. The fourth-order valence-electron chi connectivity index (χ4n) is 2.39. The van der Waals surface area contributed by atoms with Gasteiger partial charge in [-0.25, -0.2) is 4.79 Å². The number of carboxylic acid groups (broad SMARTS) is 2. The minimum absolute atomic E-state index is 0.257. The number of amides is 2. The first-order valence-corrected chi connectivity index (χ1v) is 7.19. The van der Waals surface area contributed by atoms with Crippen molar-refractivity contribution < 1.29 is 34.5 Å². The Balaban J connectivity index is 2.71. The number of nitrogens with one attached hydrogen (secondary N) is 1. The van der Waals surface area contributed by atoms with E-state index in [2.05, 4.69) is 5.32 Å². The molecule has 0 bridgehead atoms. The summed E-state index contributed by atoms with van der Waals surface area (Å²) >= 11 is 0. The minimum atomic E-state index is -1.34. The van der Waals surface area contributed by atoms with Gasteiger partial charge in [-0.05, 0) is 19.3 Å². The van der Waals surface area contributed by atoms with Gasteiger partial charge in [0.1, 0.15) is 18.1 Å². The van der Waals surface area contributed by atoms with Crippen molar-refractivity contribution in [3.05, 3.63) is 0 Å². The average molecular weight is 331 g/mol. The van der Waals surface area contributed by atoms with Gasteiger partial charge >= 0.3 is 11.9 Å². The maximum atomic E-state index is 12.2. The van der Waals surface area contributed by atoms with Gasteiger partial charge in [0.05, 0.1) is 6.61 Å². The Bertz CT molecular complexity index is 482. The fraction of sp³-hybridized carbons (Fsp3) is 0.692. The summed E-state index contributed by atoms with van der Waals surface area (Å²) in [6, 6.07) is -3.35. The molecule has 0 aromatic rings. The van der Waals surface area contributed by atoms with E-state index in [1.165, 1.54) is 4.90 Å². The predicted molar refractivity (Wildman–Crippen MR) is 76.2 cm³/mol. The van der Waals surface area contributed by atoms with Crippen molar-refractivity contribution in [1.82, 2.24) is 10.2 Å². The maximum Gasteiger partial charge on any atom is 0.326 e. The van der Waals surface area contributed by atoms with Crippen LogP contribution in [0, 0.1) is 0 Å². The first-order valence-electron chi connectivity index (χ1n) is 7.19. The number of nitrogens with two attached hydrogens (primary N) is 1. The Morgan fingerprint density at radius 2 is 1.91 bits per heavy atom. The number of aliphatic hydroxyl groups excluding tert-OH is 1. The summed E-state index contributed by atoms with van der Waals surface area (Å²) in [4.78, 5) is 47.0. The van der Waals surface area contributed by atoms with Crippen molar-refractivity contribution >= 4 is 23.8 Å². The van der Waals surface area contributed by atoms with E-state index < -0.39 is 54.9 Å². The number of carboxylic acids is 2. The quantitative estimate of drug-likeness (QED) is 0.331. The summed E-state index contributed by atoms with van der Waals surface area (Å²) < 4.78 is 0. The molecule has 1 fully saturated rings. The van der Waals surface area contributed by atoms with Crippen LogP contribution in [-0.4, -0.2) is 75.2 Å². The number of hydrogen-bond acceptors (Lipinski definition) is 6. The summed E-state index contributed by atoms with van der Waals surface area (Å²) in [6.45, 7) is -0.266. The molecule has 0 aliphatic carbocycles. The van der Waals surface area contributed by atoms with E-state index in [1.807, 2.05) is 0 Å². The van der Waals surface area contributed by atoms with Crippen LogP contribution in [-0.2, 0) is 19.2 Å². The third-order valence-electron chi connectivity index (χ3n) is 3.61. The van der Waals surface area contributed by atoms with Gasteiger partial charge in [-0.3, -0.25) is 14.4 Å². The van der Waals surface area contributed by atoms with Crippen molar-refractivity contribution in [2.75, 3.05) is 13.2 Å². The minimum Gasteiger partial charge on any atom is -0.481 e. The molecule has 10 heteroatoms. The van der Waals surface area contributed by atoms with Gasteiger partial charge in [0.2, 0.25) is 11.8 Å². The highest BCUT2D eigenvalue weighted by Crippen LogP contribution is 2.18. The van der Waals surface area contributed by atoms with E-state index in [9.17, 15) is 19.2 Å². The van der Waals surface area contributed by atoms with E-state index in [-0.39, 0.29) is 13.0 Å². The Morgan fingerprint density at radius 3 is 2.43 bits per heavy atom. The van der Waals surface area contributed by atoms with Crippen molar-refractivity contribution in [2.45, 2.75) is 43.8 Å². The standard InChI is InChI=1S/C13H21N3O7/c14-7(6-17)12(21)16-5-1-2-9(16)11(20)15-8(13(22)23)3-4-10(18)19/h7-9,17H,1-6,14H2,(H,15,20)(H,18,19)(H,22,23). The molecule has 10 nitrogen and oxygen atoms in total. The molecule has 0 spiro atoms. The topological polar surface area (TPSA) is 170 Å². The number of nitrogens with zero attached hydrogens (tertiary/aromatic N) is 1. The van der Waals surface area contributed by atoms with E-state index in [4.69, 9.17) is 21.1 Å². The van der Waals surface area contributed by atoms with Gasteiger partial charge < -0.3 is 31.3 Å². The van der Waals surface area contributed by atoms with Crippen molar-refractivity contribution in [3.8, 4) is 0 Å². The molecule has 130 valence electrons. The van der Waals surface area contributed by atoms with E-state index in [0.29, 0.717) is 12.8 Å². The van der Waals surface area contributed by atoms with Gasteiger partial charge in [-0.1, -0.05) is 0 Å². The third-order valence-corrected chi connectivity index (χ3v) is 3.61. The molecule has 1 heterocycles. The van der Waals surface area contributed by atoms with Crippen LogP contribution in [0.15, 0.2) is 0 Å². The largest absolute Gasteiger partial charge is 0.481 e. The second-order valence-electron chi connectivity index (χ2n) is 5.31. The molecule has 0 aromatic heterocycles. The lowest BCUT2D eigenvalue weighted by Crippen LogP contribution is -2.54. The zero-order valence-electron chi connectivity index (χ0n) is 12.5. The third kappa shape index (κ3) is 5.18. The Kier molecular flexibility index (Phi) is 6.91. The van der Waals surface area contributed by atoms with Crippen LogP contribution in [0.5, 0.6) is 0 Å². The molecule has 6 N–H and O–H groups in total. The SMILES string of the molecule is NC(CO)C(=O)N1CCCC1C(=O)NC(CCC(=O)O)C(=O)O. The van der Waals surface area contributed by atoms with Gasteiger partial charge in [0.15, 0.2) is 0 Å². The molecule has 3 atom stereocenters. The summed E-state index contributed by atoms with van der Waals surface area (Å²) in [5, 5.41) is 28.8. The van der Waals surface area contributed by atoms with Crippen LogP contribution in [0.4, 0.5) is 0 Å². The molecule has 1 rings (SSSR count). The molecule has 0 aromatic carbocycles. The molecular formula is C13H21N3O7. The Morgan fingerprint density at radius 1 is 1.26 bits per heavy atom. The molecule has 1 aliphatic rings. The van der Waals surface area contributed by atoms with Gasteiger partial charge in [0.25, 0.3) is 0 Å². The highest BCUT2D eigenvalue weighted by Gasteiger charge is 2.37. The number of likely N-dealkylation sites (tertiary alicyclic amines) is 1. The summed E-state index contributed by atoms with van der Waals surface area (Å²) in [6.07, 6.45) is 0.239. The van der Waals surface area contributed by atoms with Crippen LogP contribution in [0.2, 0.25) is 0 Å². The molecule has 23 heavy (non-hydrogen) atoms. The second kappa shape index (κ2) is 8.44. The Hall–Kier alpha value is -2.20. The number of rotatable bonds is 8. The first-order chi connectivity index (χ1) is 10.8. The molecule has 1 aliphatic heterocycles. The highest BCUT2D eigenvalue weighted by molar-refractivity contribution is 5.92. The zero-order chi connectivity index (χ0) is 17.6. The number of carbonyl (C=O) groups is 4. The van der Waals surface area contributed by atoms with E-state index >= 15 is 0 Å². The van der Waals surface area contributed by atoms with Crippen molar-refractivity contribution in [3.63, 3.8) is 0 Å². The lowest BCUT2D eigenvalue weighted by atomic mass is 10.1. The predicted octanol–water partition coefficient (Wildman–Crippen LogP) is -2.27. The van der Waals surface area contributed by atoms with Crippen LogP contribution < -0.4 is 11.1 Å². The zero-order valence-corrected chi connectivity index (χ0v) is 12.5. The summed E-state index contributed by atoms with van der Waals surface area (Å²) in [7, 11) is 0. The second-order valence-corrected chi connectivity index (χ2v) is 5.31. The van der Waals surface area contributed by atoms with Crippen molar-refractivity contribution in [1.29, 1.82) is 0 Å². The number of aliphatic hydroxyl groups is 1. The number of carbonyl (C=O) groups excluding carboxylic acids is 2. The van der Waals surface area contributed by atoms with Crippen LogP contribution >= 0.6 is 0 Å². The normalized spacial score (nSPS) is 19.9. The van der Waals surface area contributed by atoms with Crippen LogP contribution in [0.25, 0.3) is 0 Å². The van der Waals surface area contributed by atoms with E-state index in [0.717, 1.165) is 0 Å². The average Bonchev–Trinajstić information content (AvgIpc) is 2.98. The molecule has 0 radical (unpaired) electrons. The molecule has 1 saturated heterocycles. The Labute approximate surface area is 132 Å². The summed E-state index contributed by atoms with van der Waals surface area (Å²) in [5.74, 6) is -3.76. The smallest absolute Gasteiger partial charge is 0.326 e. The van der Waals surface area contributed by atoms with Crippen molar-refractivity contribution in [2.24, 2.45) is 5.73 Å². The van der Waals surface area contributed by atoms with Crippen LogP contribution in [0.1, 0.15) is 25.7 Å². The summed E-state index contributed by atoms with van der Waals surface area (Å²) in [5.41, 5.74) is 5.46. The maximum absolute atomic E-state index is 12.2. The van der Waals surface area contributed by atoms with E-state index in [1.54, 1.807) is 0 Å². The molecule has 2 amide bonds.